The summed E-state index contributed by atoms with van der Waals surface area (Å²) in [6.45, 7) is 0. The fourth-order valence-corrected chi connectivity index (χ4v) is 3.96. The van der Waals surface area contributed by atoms with Crippen molar-refractivity contribution in [3.8, 4) is 5.75 Å². The molecule has 170 valence electrons. The van der Waals surface area contributed by atoms with E-state index in [0.717, 1.165) is 28.6 Å². The molecular weight excluding hydrogens is 455 g/mol. The minimum absolute atomic E-state index is 0.211. The summed E-state index contributed by atoms with van der Waals surface area (Å²) in [6.07, 6.45) is -2.81. The van der Waals surface area contributed by atoms with Crippen LogP contribution in [0.25, 0.3) is 10.9 Å². The SMILES string of the molecule is O=C(N[C@H](Cc1c[nH]c2ccccc12)C(=O)Nc1ccc(OC(F)(F)F)cc1)c1cccs1. The molecular formula is C23H18F3N3O3S. The van der Waals surface area contributed by atoms with Crippen LogP contribution in [0.4, 0.5) is 18.9 Å². The Morgan fingerprint density at radius 3 is 2.48 bits per heavy atom. The number of aromatic amines is 1. The molecule has 4 aromatic rings. The van der Waals surface area contributed by atoms with Crippen LogP contribution in [0, 0.1) is 0 Å². The molecule has 10 heteroatoms. The smallest absolute Gasteiger partial charge is 0.406 e. The minimum Gasteiger partial charge on any atom is -0.406 e. The number of anilines is 1. The van der Waals surface area contributed by atoms with Gasteiger partial charge in [-0.25, -0.2) is 0 Å². The summed E-state index contributed by atoms with van der Waals surface area (Å²) < 4.78 is 40.9. The van der Waals surface area contributed by atoms with Crippen molar-refractivity contribution in [3.63, 3.8) is 0 Å². The third-order valence-corrected chi connectivity index (χ3v) is 5.69. The first-order chi connectivity index (χ1) is 15.8. The Bertz CT molecular complexity index is 1250. The Labute approximate surface area is 190 Å². The highest BCUT2D eigenvalue weighted by Gasteiger charge is 2.31. The van der Waals surface area contributed by atoms with Gasteiger partial charge in [-0.3, -0.25) is 9.59 Å². The number of H-pyrrole nitrogens is 1. The molecule has 0 aliphatic heterocycles. The molecule has 0 bridgehead atoms. The van der Waals surface area contributed by atoms with Crippen LogP contribution in [0.3, 0.4) is 0 Å². The van der Waals surface area contributed by atoms with Crippen molar-refractivity contribution in [2.24, 2.45) is 0 Å². The molecule has 1 atom stereocenters. The van der Waals surface area contributed by atoms with Gasteiger partial charge >= 0.3 is 6.36 Å². The molecule has 0 fully saturated rings. The second-order valence-corrected chi connectivity index (χ2v) is 8.08. The van der Waals surface area contributed by atoms with E-state index in [1.54, 1.807) is 23.7 Å². The van der Waals surface area contributed by atoms with E-state index in [0.29, 0.717) is 4.88 Å². The van der Waals surface area contributed by atoms with Crippen LogP contribution in [0.2, 0.25) is 0 Å². The summed E-state index contributed by atoms with van der Waals surface area (Å²) in [5.41, 5.74) is 2.01. The summed E-state index contributed by atoms with van der Waals surface area (Å²) in [5, 5.41) is 8.09. The molecule has 2 aromatic heterocycles. The van der Waals surface area contributed by atoms with Gasteiger partial charge in [0, 0.05) is 29.2 Å². The lowest BCUT2D eigenvalue weighted by atomic mass is 10.0. The Balaban J connectivity index is 1.53. The van der Waals surface area contributed by atoms with E-state index in [1.807, 2.05) is 24.3 Å². The van der Waals surface area contributed by atoms with Crippen molar-refractivity contribution < 1.29 is 27.5 Å². The maximum absolute atomic E-state index is 13.0. The monoisotopic (exact) mass is 473 g/mol. The van der Waals surface area contributed by atoms with Crippen molar-refractivity contribution in [3.05, 3.63) is 82.7 Å². The molecule has 3 N–H and O–H groups in total. The zero-order chi connectivity index (χ0) is 23.4. The normalized spacial score (nSPS) is 12.3. The fourth-order valence-electron chi connectivity index (χ4n) is 3.34. The number of fused-ring (bicyclic) bond motifs is 1. The quantitative estimate of drug-likeness (QED) is 0.349. The van der Waals surface area contributed by atoms with E-state index in [-0.39, 0.29) is 18.0 Å². The molecule has 0 unspecified atom stereocenters. The Morgan fingerprint density at radius 2 is 1.79 bits per heavy atom. The van der Waals surface area contributed by atoms with Crippen molar-refractivity contribution in [1.82, 2.24) is 10.3 Å². The maximum atomic E-state index is 13.0. The average Bonchev–Trinajstić information content (AvgIpc) is 3.44. The number of alkyl halides is 3. The summed E-state index contributed by atoms with van der Waals surface area (Å²) in [6, 6.07) is 14.8. The van der Waals surface area contributed by atoms with Gasteiger partial charge in [-0.15, -0.1) is 24.5 Å². The molecule has 0 saturated heterocycles. The number of hydrogen-bond acceptors (Lipinski definition) is 4. The van der Waals surface area contributed by atoms with Crippen molar-refractivity contribution in [2.45, 2.75) is 18.8 Å². The number of rotatable bonds is 7. The van der Waals surface area contributed by atoms with E-state index < -0.39 is 24.1 Å². The van der Waals surface area contributed by atoms with E-state index in [4.69, 9.17) is 0 Å². The number of aromatic nitrogens is 1. The summed E-state index contributed by atoms with van der Waals surface area (Å²) in [4.78, 5) is 29.3. The van der Waals surface area contributed by atoms with Gasteiger partial charge in [0.25, 0.3) is 5.91 Å². The van der Waals surface area contributed by atoms with Crippen LogP contribution < -0.4 is 15.4 Å². The lowest BCUT2D eigenvalue weighted by Gasteiger charge is -2.18. The van der Waals surface area contributed by atoms with Gasteiger partial charge in [-0.2, -0.15) is 0 Å². The molecule has 0 spiro atoms. The predicted octanol–water partition coefficient (Wildman–Crippen LogP) is 5.11. The number of carbonyl (C=O) groups excluding carboxylic acids is 2. The van der Waals surface area contributed by atoms with E-state index in [2.05, 4.69) is 20.4 Å². The third kappa shape index (κ3) is 5.72. The first-order valence-electron chi connectivity index (χ1n) is 9.84. The summed E-state index contributed by atoms with van der Waals surface area (Å²) in [5.74, 6) is -1.30. The van der Waals surface area contributed by atoms with Crippen LogP contribution in [0.15, 0.2) is 72.2 Å². The summed E-state index contributed by atoms with van der Waals surface area (Å²) >= 11 is 1.25. The second-order valence-electron chi connectivity index (χ2n) is 7.13. The number of carbonyl (C=O) groups is 2. The predicted molar refractivity (Wildman–Crippen MR) is 119 cm³/mol. The number of para-hydroxylation sites is 1. The molecule has 0 aliphatic carbocycles. The van der Waals surface area contributed by atoms with Gasteiger partial charge in [-0.1, -0.05) is 24.3 Å². The number of ether oxygens (including phenoxy) is 1. The zero-order valence-electron chi connectivity index (χ0n) is 17.0. The molecule has 0 aliphatic rings. The van der Waals surface area contributed by atoms with Gasteiger partial charge in [0.15, 0.2) is 0 Å². The number of nitrogens with one attached hydrogen (secondary N) is 3. The first-order valence-corrected chi connectivity index (χ1v) is 10.7. The van der Waals surface area contributed by atoms with E-state index >= 15 is 0 Å². The van der Waals surface area contributed by atoms with Gasteiger partial charge in [0.1, 0.15) is 11.8 Å². The first kappa shape index (κ1) is 22.4. The molecule has 33 heavy (non-hydrogen) atoms. The summed E-state index contributed by atoms with van der Waals surface area (Å²) in [7, 11) is 0. The highest BCUT2D eigenvalue weighted by molar-refractivity contribution is 7.12. The van der Waals surface area contributed by atoms with Crippen LogP contribution >= 0.6 is 11.3 Å². The minimum atomic E-state index is -4.80. The van der Waals surface area contributed by atoms with Gasteiger partial charge in [0.05, 0.1) is 4.88 Å². The van der Waals surface area contributed by atoms with Crippen molar-refractivity contribution in [1.29, 1.82) is 0 Å². The van der Waals surface area contributed by atoms with Crippen LogP contribution in [-0.4, -0.2) is 29.2 Å². The highest BCUT2D eigenvalue weighted by Crippen LogP contribution is 2.24. The molecule has 2 amide bonds. The lowest BCUT2D eigenvalue weighted by molar-refractivity contribution is -0.274. The largest absolute Gasteiger partial charge is 0.573 e. The average molecular weight is 473 g/mol. The number of benzene rings is 2. The van der Waals surface area contributed by atoms with Crippen LogP contribution in [0.1, 0.15) is 15.2 Å². The Hall–Kier alpha value is -3.79. The molecule has 0 saturated carbocycles. The van der Waals surface area contributed by atoms with Crippen LogP contribution in [0.5, 0.6) is 5.75 Å². The molecule has 6 nitrogen and oxygen atoms in total. The lowest BCUT2D eigenvalue weighted by Crippen LogP contribution is -2.45. The molecule has 2 heterocycles. The van der Waals surface area contributed by atoms with E-state index in [9.17, 15) is 22.8 Å². The van der Waals surface area contributed by atoms with Crippen LogP contribution in [-0.2, 0) is 11.2 Å². The second kappa shape index (κ2) is 9.37. The van der Waals surface area contributed by atoms with E-state index in [1.165, 1.54) is 23.5 Å². The standard InChI is InChI=1S/C23H18F3N3O3S/c24-23(25,26)32-16-9-7-15(8-10-16)28-21(30)19(29-22(31)20-6-3-11-33-20)12-14-13-27-18-5-2-1-4-17(14)18/h1-11,13,19,27H,12H2,(H,28,30)(H,29,31)/t19-/m1/s1. The molecule has 4 rings (SSSR count). The topological polar surface area (TPSA) is 83.2 Å². The number of thiophene rings is 1. The molecule has 2 aromatic carbocycles. The Morgan fingerprint density at radius 1 is 1.03 bits per heavy atom. The third-order valence-electron chi connectivity index (χ3n) is 4.82. The number of halogens is 3. The highest BCUT2D eigenvalue weighted by atomic mass is 32.1. The van der Waals surface area contributed by atoms with Gasteiger partial charge < -0.3 is 20.4 Å². The number of amides is 2. The Kier molecular flexibility index (Phi) is 6.36. The van der Waals surface area contributed by atoms with Crippen molar-refractivity contribution >= 4 is 39.7 Å². The maximum Gasteiger partial charge on any atom is 0.573 e. The van der Waals surface area contributed by atoms with Gasteiger partial charge in [-0.05, 0) is 47.3 Å². The zero-order valence-corrected chi connectivity index (χ0v) is 17.8. The molecule has 0 radical (unpaired) electrons. The number of hydrogen-bond donors (Lipinski definition) is 3. The van der Waals surface area contributed by atoms with Crippen molar-refractivity contribution in [2.75, 3.05) is 5.32 Å². The fraction of sp³-hybridized carbons (Fsp3) is 0.130. The van der Waals surface area contributed by atoms with Gasteiger partial charge in [0.2, 0.25) is 5.91 Å².